The highest BCUT2D eigenvalue weighted by Crippen LogP contribution is 2.45. The van der Waals surface area contributed by atoms with Gasteiger partial charge in [-0.1, -0.05) is 12.1 Å². The quantitative estimate of drug-likeness (QED) is 0.621. The van der Waals surface area contributed by atoms with Crippen LogP contribution in [-0.4, -0.2) is 31.5 Å². The first-order valence-corrected chi connectivity index (χ1v) is 11.1. The van der Waals surface area contributed by atoms with Crippen molar-refractivity contribution in [1.29, 1.82) is 0 Å². The molecular weight excluding hydrogens is 428 g/mol. The largest absolute Gasteiger partial charge is 0.497 e. The van der Waals surface area contributed by atoms with E-state index in [1.807, 2.05) is 42.5 Å². The fourth-order valence-electron chi connectivity index (χ4n) is 3.70. The Morgan fingerprint density at radius 2 is 1.88 bits per heavy atom. The topological polar surface area (TPSA) is 77.1 Å². The molecule has 0 aromatic heterocycles. The van der Waals surface area contributed by atoms with Crippen molar-refractivity contribution in [2.75, 3.05) is 29.9 Å². The molecule has 2 amide bonds. The third-order valence-electron chi connectivity index (χ3n) is 5.28. The number of fused-ring (bicyclic) bond motifs is 1. The maximum absolute atomic E-state index is 12.7. The van der Waals surface area contributed by atoms with Gasteiger partial charge in [0.2, 0.25) is 12.7 Å². The van der Waals surface area contributed by atoms with Crippen LogP contribution in [0.25, 0.3) is 0 Å². The smallest absolute Gasteiger partial charge is 0.255 e. The molecule has 2 aliphatic heterocycles. The van der Waals surface area contributed by atoms with E-state index in [1.54, 1.807) is 48.0 Å². The Bertz CT molecular complexity index is 1180. The Labute approximate surface area is 189 Å². The van der Waals surface area contributed by atoms with Gasteiger partial charge in [0.1, 0.15) is 11.1 Å². The fraction of sp³-hybridized carbons (Fsp3) is 0.167. The van der Waals surface area contributed by atoms with Crippen LogP contribution < -0.4 is 24.4 Å². The van der Waals surface area contributed by atoms with Crippen LogP contribution in [0.3, 0.4) is 0 Å². The SMILES string of the molecule is COc1ccc(C(=O)Nc2cccc(C3SCC(=O)N3c3ccc4c(c3)OCO4)c2)cc1. The monoisotopic (exact) mass is 448 g/mol. The molecule has 7 nitrogen and oxygen atoms in total. The first kappa shape index (κ1) is 20.3. The molecule has 1 atom stereocenters. The lowest BCUT2D eigenvalue weighted by molar-refractivity contribution is -0.115. The highest BCUT2D eigenvalue weighted by Gasteiger charge is 2.35. The zero-order valence-electron chi connectivity index (χ0n) is 17.2. The molecule has 2 heterocycles. The van der Waals surface area contributed by atoms with E-state index in [1.165, 1.54) is 0 Å². The van der Waals surface area contributed by atoms with E-state index in [2.05, 4.69) is 5.32 Å². The standard InChI is InChI=1S/C24H20N2O5S/c1-29-19-8-5-15(6-9-19)23(28)25-17-4-2-3-16(11-17)24-26(22(27)13-32-24)18-7-10-20-21(12-18)31-14-30-20/h2-12,24H,13-14H2,1H3,(H,25,28). The lowest BCUT2D eigenvalue weighted by Crippen LogP contribution is -2.27. The first-order valence-electron chi connectivity index (χ1n) is 10.0. The number of thioether (sulfide) groups is 1. The van der Waals surface area contributed by atoms with Crippen molar-refractivity contribution in [3.63, 3.8) is 0 Å². The van der Waals surface area contributed by atoms with Gasteiger partial charge in [-0.05, 0) is 54.1 Å². The zero-order chi connectivity index (χ0) is 22.1. The van der Waals surface area contributed by atoms with Crippen LogP contribution in [0.5, 0.6) is 17.2 Å². The van der Waals surface area contributed by atoms with Crippen LogP contribution in [0.15, 0.2) is 66.7 Å². The number of rotatable bonds is 5. The fourth-order valence-corrected chi connectivity index (χ4v) is 4.87. The molecular formula is C24H20N2O5S. The third kappa shape index (κ3) is 3.85. The Balaban J connectivity index is 1.38. The van der Waals surface area contributed by atoms with E-state index in [4.69, 9.17) is 14.2 Å². The summed E-state index contributed by atoms with van der Waals surface area (Å²) < 4.78 is 16.0. The molecule has 8 heteroatoms. The van der Waals surface area contributed by atoms with Gasteiger partial charge in [-0.15, -0.1) is 11.8 Å². The van der Waals surface area contributed by atoms with Crippen LogP contribution in [0, 0.1) is 0 Å². The van der Waals surface area contributed by atoms with Crippen molar-refractivity contribution in [3.8, 4) is 17.2 Å². The number of amides is 2. The first-order chi connectivity index (χ1) is 15.6. The average molecular weight is 449 g/mol. The number of nitrogens with one attached hydrogen (secondary N) is 1. The molecule has 5 rings (SSSR count). The van der Waals surface area contributed by atoms with Crippen molar-refractivity contribution in [2.45, 2.75) is 5.37 Å². The number of hydrogen-bond acceptors (Lipinski definition) is 6. The minimum atomic E-state index is -0.215. The van der Waals surface area contributed by atoms with Gasteiger partial charge in [0.05, 0.1) is 12.9 Å². The Kier molecular flexibility index (Phi) is 5.36. The minimum Gasteiger partial charge on any atom is -0.497 e. The summed E-state index contributed by atoms with van der Waals surface area (Å²) in [5, 5.41) is 2.72. The molecule has 3 aromatic rings. The van der Waals surface area contributed by atoms with Crippen LogP contribution in [0.1, 0.15) is 21.3 Å². The maximum atomic E-state index is 12.7. The molecule has 32 heavy (non-hydrogen) atoms. The summed E-state index contributed by atoms with van der Waals surface area (Å²) in [6.45, 7) is 0.181. The van der Waals surface area contributed by atoms with Crippen LogP contribution >= 0.6 is 11.8 Å². The van der Waals surface area contributed by atoms with E-state index >= 15 is 0 Å². The number of benzene rings is 3. The summed E-state index contributed by atoms with van der Waals surface area (Å²) >= 11 is 1.55. The van der Waals surface area contributed by atoms with E-state index in [9.17, 15) is 9.59 Å². The molecule has 0 spiro atoms. The molecule has 0 bridgehead atoms. The predicted octanol–water partition coefficient (Wildman–Crippen LogP) is 4.45. The normalized spacial score (nSPS) is 16.8. The van der Waals surface area contributed by atoms with Crippen molar-refractivity contribution in [2.24, 2.45) is 0 Å². The van der Waals surface area contributed by atoms with Crippen molar-refractivity contribution < 1.29 is 23.8 Å². The summed E-state index contributed by atoms with van der Waals surface area (Å²) in [6.07, 6.45) is 0. The summed E-state index contributed by atoms with van der Waals surface area (Å²) in [5.41, 5.74) is 2.87. The maximum Gasteiger partial charge on any atom is 0.255 e. The second-order valence-corrected chi connectivity index (χ2v) is 8.34. The van der Waals surface area contributed by atoms with E-state index in [0.29, 0.717) is 34.3 Å². The lowest BCUT2D eigenvalue weighted by Gasteiger charge is -2.25. The zero-order valence-corrected chi connectivity index (χ0v) is 18.1. The van der Waals surface area contributed by atoms with Crippen molar-refractivity contribution in [3.05, 3.63) is 77.9 Å². The second kappa shape index (κ2) is 8.47. The van der Waals surface area contributed by atoms with Crippen molar-refractivity contribution >= 4 is 35.0 Å². The number of anilines is 2. The lowest BCUT2D eigenvalue weighted by atomic mass is 10.1. The van der Waals surface area contributed by atoms with Crippen LogP contribution in [0.4, 0.5) is 11.4 Å². The van der Waals surface area contributed by atoms with E-state index in [0.717, 1.165) is 11.3 Å². The molecule has 2 aliphatic rings. The molecule has 162 valence electrons. The van der Waals surface area contributed by atoms with Gasteiger partial charge in [-0.3, -0.25) is 14.5 Å². The molecule has 1 saturated heterocycles. The van der Waals surface area contributed by atoms with E-state index in [-0.39, 0.29) is 24.0 Å². The highest BCUT2D eigenvalue weighted by atomic mass is 32.2. The molecule has 1 fully saturated rings. The minimum absolute atomic E-state index is 0.0199. The number of nitrogens with zero attached hydrogens (tertiary/aromatic N) is 1. The molecule has 0 aliphatic carbocycles. The number of methoxy groups -OCH3 is 1. The summed E-state index contributed by atoms with van der Waals surface area (Å²) in [7, 11) is 1.58. The second-order valence-electron chi connectivity index (χ2n) is 7.27. The Hall–Kier alpha value is -3.65. The van der Waals surface area contributed by atoms with Crippen LogP contribution in [0.2, 0.25) is 0 Å². The van der Waals surface area contributed by atoms with Gasteiger partial charge >= 0.3 is 0 Å². The summed E-state index contributed by atoms with van der Waals surface area (Å²) in [5.74, 6) is 2.18. The molecule has 1 unspecified atom stereocenters. The van der Waals surface area contributed by atoms with E-state index < -0.39 is 0 Å². The predicted molar refractivity (Wildman–Crippen MR) is 123 cm³/mol. The van der Waals surface area contributed by atoms with Gasteiger partial charge < -0.3 is 19.5 Å². The summed E-state index contributed by atoms with van der Waals surface area (Å²) in [4.78, 5) is 27.1. The van der Waals surface area contributed by atoms with Crippen molar-refractivity contribution in [1.82, 2.24) is 0 Å². The molecule has 0 saturated carbocycles. The molecule has 3 aromatic carbocycles. The highest BCUT2D eigenvalue weighted by molar-refractivity contribution is 8.00. The Morgan fingerprint density at radius 3 is 2.69 bits per heavy atom. The number of hydrogen-bond donors (Lipinski definition) is 1. The number of carbonyl (C=O) groups excluding carboxylic acids is 2. The average Bonchev–Trinajstić information content (AvgIpc) is 3.45. The van der Waals surface area contributed by atoms with Gasteiger partial charge in [0.25, 0.3) is 5.91 Å². The van der Waals surface area contributed by atoms with Gasteiger partial charge in [-0.2, -0.15) is 0 Å². The number of ether oxygens (including phenoxy) is 3. The molecule has 0 radical (unpaired) electrons. The summed E-state index contributed by atoms with van der Waals surface area (Å²) in [6, 6.07) is 20.0. The van der Waals surface area contributed by atoms with Gasteiger partial charge in [-0.25, -0.2) is 0 Å². The van der Waals surface area contributed by atoms with Gasteiger partial charge in [0, 0.05) is 23.0 Å². The van der Waals surface area contributed by atoms with Crippen LogP contribution in [-0.2, 0) is 4.79 Å². The molecule has 1 N–H and O–H groups in total. The number of carbonyl (C=O) groups is 2. The third-order valence-corrected chi connectivity index (χ3v) is 6.50. The Morgan fingerprint density at radius 1 is 1.06 bits per heavy atom. The van der Waals surface area contributed by atoms with Gasteiger partial charge in [0.15, 0.2) is 11.5 Å².